The second-order valence-electron chi connectivity index (χ2n) is 7.97. The van der Waals surface area contributed by atoms with Gasteiger partial charge in [-0.1, -0.05) is 6.58 Å². The summed E-state index contributed by atoms with van der Waals surface area (Å²) in [5, 5.41) is 10.2. The summed E-state index contributed by atoms with van der Waals surface area (Å²) in [6, 6.07) is 0. The highest BCUT2D eigenvalue weighted by Gasteiger charge is 2.42. The lowest BCUT2D eigenvalue weighted by atomic mass is 9.82. The smallest absolute Gasteiger partial charge is 0.425 e. The standard InChI is InChI=1S/C19H23F6N3O5/c1-10(26-15(29)9-30-12-3-4-13(8-12)32-18(20,21)22)2-5-16-27-28-17(31-16)11-6-14(7-11)33-19(23,24)25/h11-14H,1-9H2,(H,26,29)/t11?,12-,13+,14?/m0/s1. The van der Waals surface area contributed by atoms with E-state index in [0.717, 1.165) is 0 Å². The molecule has 0 bridgehead atoms. The van der Waals surface area contributed by atoms with E-state index >= 15 is 0 Å². The summed E-state index contributed by atoms with van der Waals surface area (Å²) in [5.74, 6) is -0.315. The minimum absolute atomic E-state index is 0.0529. The maximum Gasteiger partial charge on any atom is 0.522 e. The second-order valence-corrected chi connectivity index (χ2v) is 7.97. The molecule has 8 nitrogen and oxygen atoms in total. The molecule has 2 atom stereocenters. The molecule has 2 aliphatic carbocycles. The van der Waals surface area contributed by atoms with Crippen LogP contribution in [0, 0.1) is 0 Å². The van der Waals surface area contributed by atoms with Gasteiger partial charge in [-0.15, -0.1) is 36.5 Å². The lowest BCUT2D eigenvalue weighted by Crippen LogP contribution is -2.34. The SMILES string of the molecule is C=C(CCc1nnc(C2CC(OC(F)(F)F)C2)o1)NC(=O)CO[C@H]1CC[C@@H](OC(F)(F)F)C1. The summed E-state index contributed by atoms with van der Waals surface area (Å²) in [4.78, 5) is 11.9. The fourth-order valence-electron chi connectivity index (χ4n) is 3.68. The molecule has 0 aliphatic heterocycles. The number of aromatic nitrogens is 2. The van der Waals surface area contributed by atoms with Crippen molar-refractivity contribution in [2.24, 2.45) is 0 Å². The first-order chi connectivity index (χ1) is 15.4. The number of rotatable bonds is 10. The van der Waals surface area contributed by atoms with E-state index in [0.29, 0.717) is 12.1 Å². The molecule has 0 aromatic carbocycles. The maximum atomic E-state index is 12.2. The summed E-state index contributed by atoms with van der Waals surface area (Å²) in [7, 11) is 0. The first-order valence-electron chi connectivity index (χ1n) is 10.3. The number of alkyl halides is 6. The zero-order valence-corrected chi connectivity index (χ0v) is 17.4. The van der Waals surface area contributed by atoms with Crippen molar-refractivity contribution in [1.82, 2.24) is 15.5 Å². The predicted molar refractivity (Wildman–Crippen MR) is 97.3 cm³/mol. The third-order valence-corrected chi connectivity index (χ3v) is 5.27. The molecule has 0 radical (unpaired) electrons. The van der Waals surface area contributed by atoms with Crippen LogP contribution in [0.2, 0.25) is 0 Å². The van der Waals surface area contributed by atoms with Crippen molar-refractivity contribution in [2.75, 3.05) is 6.61 Å². The van der Waals surface area contributed by atoms with Gasteiger partial charge in [-0.25, -0.2) is 0 Å². The highest BCUT2D eigenvalue weighted by atomic mass is 19.4. The molecule has 3 rings (SSSR count). The molecule has 1 heterocycles. The molecule has 2 saturated carbocycles. The number of carbonyl (C=O) groups is 1. The Balaban J connectivity index is 1.30. The lowest BCUT2D eigenvalue weighted by molar-refractivity contribution is -0.352. The van der Waals surface area contributed by atoms with Gasteiger partial charge >= 0.3 is 12.7 Å². The third kappa shape index (κ3) is 8.59. The molecular formula is C19H23F6N3O5. The average molecular weight is 487 g/mol. The Morgan fingerprint density at radius 2 is 1.64 bits per heavy atom. The van der Waals surface area contributed by atoms with Crippen LogP contribution in [0.3, 0.4) is 0 Å². The van der Waals surface area contributed by atoms with Crippen molar-refractivity contribution in [3.05, 3.63) is 24.1 Å². The highest BCUT2D eigenvalue weighted by Crippen LogP contribution is 2.40. The molecule has 1 aromatic heterocycles. The molecule has 1 amide bonds. The minimum atomic E-state index is -4.70. The molecule has 1 N–H and O–H groups in total. The van der Waals surface area contributed by atoms with Gasteiger partial charge < -0.3 is 14.5 Å². The molecule has 2 aliphatic rings. The highest BCUT2D eigenvalue weighted by molar-refractivity contribution is 5.78. The van der Waals surface area contributed by atoms with Crippen molar-refractivity contribution in [2.45, 2.75) is 81.9 Å². The summed E-state index contributed by atoms with van der Waals surface area (Å²) < 4.78 is 91.8. The van der Waals surface area contributed by atoms with E-state index < -0.39 is 36.9 Å². The van der Waals surface area contributed by atoms with Crippen LogP contribution in [0.5, 0.6) is 0 Å². The molecule has 0 spiro atoms. The van der Waals surface area contributed by atoms with E-state index in [1.165, 1.54) is 0 Å². The Bertz CT molecular complexity index is 822. The third-order valence-electron chi connectivity index (χ3n) is 5.27. The Hall–Kier alpha value is -2.19. The Morgan fingerprint density at radius 3 is 2.30 bits per heavy atom. The van der Waals surface area contributed by atoms with Gasteiger partial charge in [0, 0.05) is 24.5 Å². The van der Waals surface area contributed by atoms with E-state index in [-0.39, 0.29) is 62.8 Å². The molecule has 186 valence electrons. The van der Waals surface area contributed by atoms with Crippen LogP contribution in [0.1, 0.15) is 56.2 Å². The van der Waals surface area contributed by atoms with Crippen LogP contribution in [0.25, 0.3) is 0 Å². The summed E-state index contributed by atoms with van der Waals surface area (Å²) in [6.07, 6.45) is -10.4. The largest absolute Gasteiger partial charge is 0.522 e. The van der Waals surface area contributed by atoms with Gasteiger partial charge in [0.05, 0.1) is 18.3 Å². The van der Waals surface area contributed by atoms with Gasteiger partial charge in [0.15, 0.2) is 0 Å². The van der Waals surface area contributed by atoms with E-state index in [1.54, 1.807) is 0 Å². The zero-order chi connectivity index (χ0) is 24.2. The quantitative estimate of drug-likeness (QED) is 0.501. The van der Waals surface area contributed by atoms with Gasteiger partial charge in [-0.2, -0.15) is 0 Å². The summed E-state index contributed by atoms with van der Waals surface area (Å²) in [6.45, 7) is 3.37. The summed E-state index contributed by atoms with van der Waals surface area (Å²) >= 11 is 0. The second kappa shape index (κ2) is 10.4. The first-order valence-corrected chi connectivity index (χ1v) is 10.3. The van der Waals surface area contributed by atoms with Crippen molar-refractivity contribution in [3.8, 4) is 0 Å². The number of amides is 1. The number of nitrogens with one attached hydrogen (secondary N) is 1. The number of nitrogens with zero attached hydrogens (tertiary/aromatic N) is 2. The van der Waals surface area contributed by atoms with Gasteiger partial charge in [-0.3, -0.25) is 14.3 Å². The molecule has 0 unspecified atom stereocenters. The van der Waals surface area contributed by atoms with Crippen LogP contribution in [0.4, 0.5) is 26.3 Å². The Kier molecular flexibility index (Phi) is 8.00. The van der Waals surface area contributed by atoms with Crippen molar-refractivity contribution < 1.29 is 49.8 Å². The van der Waals surface area contributed by atoms with Gasteiger partial charge in [-0.05, 0) is 32.1 Å². The lowest BCUT2D eigenvalue weighted by Gasteiger charge is -2.32. The number of aryl methyl sites for hydroxylation is 1. The van der Waals surface area contributed by atoms with E-state index in [2.05, 4.69) is 31.6 Å². The molecule has 33 heavy (non-hydrogen) atoms. The Labute approximate surface area is 184 Å². The monoisotopic (exact) mass is 487 g/mol. The number of halogens is 6. The summed E-state index contributed by atoms with van der Waals surface area (Å²) in [5.41, 5.74) is 0.343. The average Bonchev–Trinajstić information content (AvgIpc) is 3.28. The molecule has 14 heteroatoms. The zero-order valence-electron chi connectivity index (χ0n) is 17.4. The number of hydrogen-bond acceptors (Lipinski definition) is 7. The Morgan fingerprint density at radius 1 is 1.00 bits per heavy atom. The fraction of sp³-hybridized carbons (Fsp3) is 0.737. The van der Waals surface area contributed by atoms with Crippen LogP contribution in [-0.4, -0.2) is 53.7 Å². The maximum absolute atomic E-state index is 12.2. The van der Waals surface area contributed by atoms with Gasteiger partial charge in [0.1, 0.15) is 6.61 Å². The predicted octanol–water partition coefficient (Wildman–Crippen LogP) is 3.89. The number of ether oxygens (including phenoxy) is 3. The molecule has 1 aromatic rings. The van der Waals surface area contributed by atoms with E-state index in [9.17, 15) is 31.1 Å². The van der Waals surface area contributed by atoms with Crippen LogP contribution in [-0.2, 0) is 25.4 Å². The van der Waals surface area contributed by atoms with E-state index in [4.69, 9.17) is 9.15 Å². The van der Waals surface area contributed by atoms with Gasteiger partial charge in [0.2, 0.25) is 17.7 Å². The van der Waals surface area contributed by atoms with Crippen molar-refractivity contribution in [3.63, 3.8) is 0 Å². The fourth-order valence-corrected chi connectivity index (χ4v) is 3.68. The normalized spacial score (nSPS) is 25.6. The van der Waals surface area contributed by atoms with Crippen molar-refractivity contribution >= 4 is 5.91 Å². The van der Waals surface area contributed by atoms with Crippen LogP contribution < -0.4 is 5.32 Å². The topological polar surface area (TPSA) is 95.7 Å². The van der Waals surface area contributed by atoms with Crippen LogP contribution >= 0.6 is 0 Å². The number of carbonyl (C=O) groups excluding carboxylic acids is 1. The number of allylic oxidation sites excluding steroid dienone is 1. The van der Waals surface area contributed by atoms with Crippen LogP contribution in [0.15, 0.2) is 16.7 Å². The molecular weight excluding hydrogens is 464 g/mol. The number of hydrogen-bond donors (Lipinski definition) is 1. The molecule has 2 fully saturated rings. The molecule has 0 saturated heterocycles. The first kappa shape index (κ1) is 25.4. The minimum Gasteiger partial charge on any atom is -0.425 e. The van der Waals surface area contributed by atoms with Crippen molar-refractivity contribution in [1.29, 1.82) is 0 Å². The van der Waals surface area contributed by atoms with Gasteiger partial charge in [0.25, 0.3) is 0 Å². The van der Waals surface area contributed by atoms with E-state index in [1.807, 2.05) is 0 Å².